The Hall–Kier alpha value is -0.500. The minimum Gasteiger partial charge on any atom is -0.268 e. The molecule has 3 rings (SSSR count). The molecule has 88 valence electrons. The van der Waals surface area contributed by atoms with Gasteiger partial charge in [0.25, 0.3) is 0 Å². The van der Waals surface area contributed by atoms with E-state index in [1.807, 2.05) is 0 Å². The smallest absolute Gasteiger partial charge is 0.0548 e. The van der Waals surface area contributed by atoms with Crippen LogP contribution in [0.25, 0.3) is 0 Å². The van der Waals surface area contributed by atoms with Crippen LogP contribution in [-0.4, -0.2) is 15.7 Å². The maximum atomic E-state index is 5.85. The lowest BCUT2D eigenvalue weighted by Gasteiger charge is -2.35. The van der Waals surface area contributed by atoms with Gasteiger partial charge in [-0.3, -0.25) is 4.68 Å². The third-order valence-corrected chi connectivity index (χ3v) is 5.46. The molecule has 0 aliphatic heterocycles. The van der Waals surface area contributed by atoms with Crippen molar-refractivity contribution in [2.24, 2.45) is 5.41 Å². The van der Waals surface area contributed by atoms with Crippen molar-refractivity contribution in [2.45, 2.75) is 51.5 Å². The van der Waals surface area contributed by atoms with E-state index in [1.54, 1.807) is 0 Å². The number of aromatic nitrogens is 2. The summed E-state index contributed by atoms with van der Waals surface area (Å²) in [6.45, 7) is 8.08. The Morgan fingerprint density at radius 1 is 1.50 bits per heavy atom. The summed E-state index contributed by atoms with van der Waals surface area (Å²) in [6, 6.07) is 0. The van der Waals surface area contributed by atoms with Crippen LogP contribution < -0.4 is 0 Å². The lowest BCUT2D eigenvalue weighted by Crippen LogP contribution is -2.34. The molecule has 1 saturated carbocycles. The Morgan fingerprint density at radius 2 is 2.25 bits per heavy atom. The minimum atomic E-state index is 0.301. The quantitative estimate of drug-likeness (QED) is 0.723. The van der Waals surface area contributed by atoms with Crippen molar-refractivity contribution in [1.82, 2.24) is 9.78 Å². The van der Waals surface area contributed by atoms with Gasteiger partial charge < -0.3 is 0 Å². The maximum Gasteiger partial charge on any atom is 0.0548 e. The van der Waals surface area contributed by atoms with E-state index in [0.717, 1.165) is 6.54 Å². The second-order valence-electron chi connectivity index (χ2n) is 6.01. The molecule has 1 fully saturated rings. The zero-order chi connectivity index (χ0) is 11.6. The van der Waals surface area contributed by atoms with Gasteiger partial charge in [-0.05, 0) is 29.7 Å². The summed E-state index contributed by atoms with van der Waals surface area (Å²) in [5, 5.41) is 4.51. The van der Waals surface area contributed by atoms with E-state index in [9.17, 15) is 0 Å². The fourth-order valence-corrected chi connectivity index (χ4v) is 4.14. The van der Waals surface area contributed by atoms with Gasteiger partial charge in [0.05, 0.1) is 12.7 Å². The monoisotopic (exact) mass is 238 g/mol. The molecular weight excluding hydrogens is 220 g/mol. The number of fused-ring (bicyclic) bond motifs is 5. The summed E-state index contributed by atoms with van der Waals surface area (Å²) in [6.07, 6.45) is 4.70. The van der Waals surface area contributed by atoms with E-state index >= 15 is 0 Å². The van der Waals surface area contributed by atoms with Crippen molar-refractivity contribution in [3.05, 3.63) is 17.5 Å². The van der Waals surface area contributed by atoms with Crippen molar-refractivity contribution in [3.63, 3.8) is 0 Å². The number of nitrogens with zero attached hydrogens (tertiary/aromatic N) is 2. The third kappa shape index (κ3) is 0.976. The highest BCUT2D eigenvalue weighted by atomic mass is 35.5. The van der Waals surface area contributed by atoms with E-state index < -0.39 is 0 Å². The van der Waals surface area contributed by atoms with Gasteiger partial charge in [0.15, 0.2) is 0 Å². The molecule has 0 saturated heterocycles. The first kappa shape index (κ1) is 10.6. The van der Waals surface area contributed by atoms with Gasteiger partial charge in [0.1, 0.15) is 0 Å². The summed E-state index contributed by atoms with van der Waals surface area (Å²) in [5.74, 6) is 1.35. The Kier molecular flexibility index (Phi) is 2.02. The first-order chi connectivity index (χ1) is 7.52. The zero-order valence-corrected chi connectivity index (χ0v) is 11.0. The van der Waals surface area contributed by atoms with Crippen LogP contribution in [0.1, 0.15) is 50.8 Å². The highest BCUT2D eigenvalue weighted by Gasteiger charge is 2.61. The Balaban J connectivity index is 2.17. The van der Waals surface area contributed by atoms with E-state index in [4.69, 9.17) is 11.6 Å². The van der Waals surface area contributed by atoms with Gasteiger partial charge in [-0.1, -0.05) is 20.8 Å². The van der Waals surface area contributed by atoms with Crippen LogP contribution in [0.15, 0.2) is 6.20 Å². The van der Waals surface area contributed by atoms with Crippen LogP contribution in [0.5, 0.6) is 0 Å². The molecule has 3 heteroatoms. The first-order valence-electron chi connectivity index (χ1n) is 6.14. The lowest BCUT2D eigenvalue weighted by molar-refractivity contribution is 0.218. The van der Waals surface area contributed by atoms with Crippen molar-refractivity contribution in [3.8, 4) is 0 Å². The summed E-state index contributed by atoms with van der Waals surface area (Å²) in [5.41, 5.74) is 3.64. The SMILES string of the molecule is CC1(C)[C@H]2CC[C@]1(C)c1c2cnn1CCCl. The number of rotatable bonds is 2. The number of aryl methyl sites for hydroxylation is 1. The average Bonchev–Trinajstić information content (AvgIpc) is 2.76. The molecule has 1 heterocycles. The standard InChI is InChI=1S/C13H19ClN2/c1-12(2)10-4-5-13(12,3)11-9(10)8-15-16(11)7-6-14/h8,10H,4-7H2,1-3H3/t10-,13+/m0/s1. The average molecular weight is 239 g/mol. The molecular formula is C13H19ClN2. The second kappa shape index (κ2) is 3.04. The van der Waals surface area contributed by atoms with E-state index in [2.05, 4.69) is 36.7 Å². The highest BCUT2D eigenvalue weighted by molar-refractivity contribution is 6.17. The molecule has 0 radical (unpaired) electrons. The highest BCUT2D eigenvalue weighted by Crippen LogP contribution is 2.67. The lowest BCUT2D eigenvalue weighted by atomic mass is 9.70. The summed E-state index contributed by atoms with van der Waals surface area (Å²) < 4.78 is 2.14. The van der Waals surface area contributed by atoms with Gasteiger partial charge in [-0.15, -0.1) is 11.6 Å². The molecule has 2 atom stereocenters. The van der Waals surface area contributed by atoms with Crippen LogP contribution in [0.3, 0.4) is 0 Å². The molecule has 2 aliphatic rings. The molecule has 1 aromatic heterocycles. The Morgan fingerprint density at radius 3 is 2.94 bits per heavy atom. The predicted molar refractivity (Wildman–Crippen MR) is 66.1 cm³/mol. The topological polar surface area (TPSA) is 17.8 Å². The number of hydrogen-bond donors (Lipinski definition) is 0. The third-order valence-electron chi connectivity index (χ3n) is 5.29. The first-order valence-corrected chi connectivity index (χ1v) is 6.68. The summed E-state index contributed by atoms with van der Waals surface area (Å²) >= 11 is 5.85. The molecule has 0 N–H and O–H groups in total. The maximum absolute atomic E-state index is 5.85. The molecule has 2 bridgehead atoms. The predicted octanol–water partition coefficient (Wildman–Crippen LogP) is 3.30. The number of hydrogen-bond acceptors (Lipinski definition) is 1. The molecule has 0 aromatic carbocycles. The molecule has 2 aliphatic carbocycles. The zero-order valence-electron chi connectivity index (χ0n) is 10.3. The van der Waals surface area contributed by atoms with Crippen molar-refractivity contribution < 1.29 is 0 Å². The summed E-state index contributed by atoms with van der Waals surface area (Å²) in [4.78, 5) is 0. The normalized spacial score (nSPS) is 34.4. The molecule has 2 nitrogen and oxygen atoms in total. The largest absolute Gasteiger partial charge is 0.268 e. The Labute approximate surface area is 102 Å². The van der Waals surface area contributed by atoms with Crippen molar-refractivity contribution >= 4 is 11.6 Å². The molecule has 1 aromatic rings. The van der Waals surface area contributed by atoms with Crippen LogP contribution in [0, 0.1) is 5.41 Å². The van der Waals surface area contributed by atoms with E-state index in [0.29, 0.717) is 22.6 Å². The van der Waals surface area contributed by atoms with Crippen LogP contribution in [0.4, 0.5) is 0 Å². The van der Waals surface area contributed by atoms with Gasteiger partial charge in [0.2, 0.25) is 0 Å². The van der Waals surface area contributed by atoms with Gasteiger partial charge in [0, 0.05) is 17.0 Å². The molecule has 0 spiro atoms. The minimum absolute atomic E-state index is 0.301. The summed E-state index contributed by atoms with van der Waals surface area (Å²) in [7, 11) is 0. The Bertz CT molecular complexity index is 435. The molecule has 0 unspecified atom stereocenters. The van der Waals surface area contributed by atoms with Crippen molar-refractivity contribution in [1.29, 1.82) is 0 Å². The van der Waals surface area contributed by atoms with Gasteiger partial charge in [-0.25, -0.2) is 0 Å². The van der Waals surface area contributed by atoms with Crippen LogP contribution in [0.2, 0.25) is 0 Å². The van der Waals surface area contributed by atoms with E-state index in [1.165, 1.54) is 24.1 Å². The fraction of sp³-hybridized carbons (Fsp3) is 0.769. The van der Waals surface area contributed by atoms with Crippen LogP contribution >= 0.6 is 11.6 Å². The van der Waals surface area contributed by atoms with Gasteiger partial charge in [-0.2, -0.15) is 5.10 Å². The van der Waals surface area contributed by atoms with Gasteiger partial charge >= 0.3 is 0 Å². The molecule has 16 heavy (non-hydrogen) atoms. The number of alkyl halides is 1. The van der Waals surface area contributed by atoms with Crippen molar-refractivity contribution in [2.75, 3.05) is 5.88 Å². The fourth-order valence-electron chi connectivity index (χ4n) is 3.98. The van der Waals surface area contributed by atoms with E-state index in [-0.39, 0.29) is 0 Å². The number of halogens is 1. The second-order valence-corrected chi connectivity index (χ2v) is 6.38. The molecule has 0 amide bonds. The van der Waals surface area contributed by atoms with Crippen LogP contribution in [-0.2, 0) is 12.0 Å².